The van der Waals surface area contributed by atoms with Gasteiger partial charge in [-0.1, -0.05) is 12.1 Å². The SMILES string of the molecule is Cc1cc(C2CC2)cc(C)c1NS(=O)(=O)c1cc(C(F)(F)F)cc(C(F)(F)F)c1. The summed E-state index contributed by atoms with van der Waals surface area (Å²) >= 11 is 0. The first-order valence-electron chi connectivity index (χ1n) is 8.62. The van der Waals surface area contributed by atoms with E-state index in [1.807, 2.05) is 0 Å². The zero-order chi connectivity index (χ0) is 21.8. The second-order valence-electron chi connectivity index (χ2n) is 7.15. The van der Waals surface area contributed by atoms with Gasteiger partial charge in [0.05, 0.1) is 21.7 Å². The van der Waals surface area contributed by atoms with Crippen LogP contribution in [-0.4, -0.2) is 8.42 Å². The topological polar surface area (TPSA) is 46.2 Å². The summed E-state index contributed by atoms with van der Waals surface area (Å²) < 4.78 is 106. The Kier molecular flexibility index (Phi) is 5.13. The molecule has 0 heterocycles. The van der Waals surface area contributed by atoms with Crippen LogP contribution < -0.4 is 4.72 Å². The van der Waals surface area contributed by atoms with Crippen LogP contribution in [0.15, 0.2) is 35.2 Å². The molecule has 29 heavy (non-hydrogen) atoms. The summed E-state index contributed by atoms with van der Waals surface area (Å²) in [4.78, 5) is -1.11. The average molecular weight is 437 g/mol. The van der Waals surface area contributed by atoms with Crippen molar-refractivity contribution in [3.8, 4) is 0 Å². The number of anilines is 1. The van der Waals surface area contributed by atoms with E-state index in [4.69, 9.17) is 0 Å². The van der Waals surface area contributed by atoms with Gasteiger partial charge >= 0.3 is 12.4 Å². The maximum Gasteiger partial charge on any atom is 0.416 e. The Morgan fingerprint density at radius 2 is 1.28 bits per heavy atom. The number of aryl methyl sites for hydroxylation is 2. The molecule has 0 spiro atoms. The standard InChI is InChI=1S/C19H17F6NO2S/c1-10-5-13(12-3-4-12)6-11(2)17(10)26-29(27,28)16-8-14(18(20,21)22)7-15(9-16)19(23,24)25/h5-9,12,26H,3-4H2,1-2H3. The van der Waals surface area contributed by atoms with E-state index in [0.29, 0.717) is 17.0 Å². The lowest BCUT2D eigenvalue weighted by atomic mass is 10.0. The van der Waals surface area contributed by atoms with E-state index in [9.17, 15) is 34.8 Å². The molecule has 1 aliphatic carbocycles. The molecule has 0 saturated heterocycles. The fourth-order valence-electron chi connectivity index (χ4n) is 3.09. The van der Waals surface area contributed by atoms with Crippen molar-refractivity contribution in [1.29, 1.82) is 0 Å². The normalized spacial score (nSPS) is 15.4. The Hall–Kier alpha value is -2.23. The van der Waals surface area contributed by atoms with Crippen molar-refractivity contribution in [1.82, 2.24) is 0 Å². The quantitative estimate of drug-likeness (QED) is 0.595. The van der Waals surface area contributed by atoms with Gasteiger partial charge in [0.25, 0.3) is 10.0 Å². The lowest BCUT2D eigenvalue weighted by Gasteiger charge is -2.17. The van der Waals surface area contributed by atoms with Crippen molar-refractivity contribution in [2.24, 2.45) is 0 Å². The minimum atomic E-state index is -5.14. The van der Waals surface area contributed by atoms with Gasteiger partial charge in [0.1, 0.15) is 0 Å². The fourth-order valence-corrected chi connectivity index (χ4v) is 4.36. The minimum Gasteiger partial charge on any atom is -0.279 e. The van der Waals surface area contributed by atoms with Crippen LogP contribution in [0.3, 0.4) is 0 Å². The highest BCUT2D eigenvalue weighted by Gasteiger charge is 2.38. The van der Waals surface area contributed by atoms with Gasteiger partial charge in [-0.3, -0.25) is 4.72 Å². The first-order chi connectivity index (χ1) is 13.2. The highest BCUT2D eigenvalue weighted by molar-refractivity contribution is 7.92. The van der Waals surface area contributed by atoms with E-state index >= 15 is 0 Å². The lowest BCUT2D eigenvalue weighted by molar-refractivity contribution is -0.143. The summed E-state index contributed by atoms with van der Waals surface area (Å²) in [7, 11) is -4.69. The van der Waals surface area contributed by atoms with Gasteiger partial charge < -0.3 is 0 Å². The molecule has 0 bridgehead atoms. The maximum atomic E-state index is 13.0. The molecule has 3 rings (SSSR count). The summed E-state index contributed by atoms with van der Waals surface area (Å²) in [5, 5.41) is 0. The Morgan fingerprint density at radius 3 is 1.66 bits per heavy atom. The summed E-state index contributed by atoms with van der Waals surface area (Å²) in [6, 6.07) is 3.83. The van der Waals surface area contributed by atoms with Crippen molar-refractivity contribution < 1.29 is 34.8 Å². The molecule has 0 radical (unpaired) electrons. The van der Waals surface area contributed by atoms with Crippen LogP contribution in [0, 0.1) is 13.8 Å². The molecule has 1 N–H and O–H groups in total. The number of hydrogen-bond donors (Lipinski definition) is 1. The predicted molar refractivity (Wildman–Crippen MR) is 95.1 cm³/mol. The Morgan fingerprint density at radius 1 is 0.828 bits per heavy atom. The third kappa shape index (κ3) is 4.68. The molecule has 0 aliphatic heterocycles. The van der Waals surface area contributed by atoms with E-state index in [1.165, 1.54) is 0 Å². The maximum absolute atomic E-state index is 13.0. The molecule has 10 heteroatoms. The van der Waals surface area contributed by atoms with Crippen molar-refractivity contribution in [2.75, 3.05) is 4.72 Å². The van der Waals surface area contributed by atoms with Crippen LogP contribution >= 0.6 is 0 Å². The van der Waals surface area contributed by atoms with Gasteiger partial charge in [0.15, 0.2) is 0 Å². The second kappa shape index (κ2) is 6.93. The third-order valence-electron chi connectivity index (χ3n) is 4.71. The summed E-state index contributed by atoms with van der Waals surface area (Å²) in [5.74, 6) is 0.399. The van der Waals surface area contributed by atoms with E-state index in [1.54, 1.807) is 26.0 Å². The van der Waals surface area contributed by atoms with Gasteiger partial charge in [-0.2, -0.15) is 26.3 Å². The van der Waals surface area contributed by atoms with Gasteiger partial charge in [-0.15, -0.1) is 0 Å². The van der Waals surface area contributed by atoms with Crippen molar-refractivity contribution in [3.05, 3.63) is 58.1 Å². The molecular formula is C19H17F6NO2S. The number of alkyl halides is 6. The monoisotopic (exact) mass is 437 g/mol. The van der Waals surface area contributed by atoms with Crippen molar-refractivity contribution in [3.63, 3.8) is 0 Å². The summed E-state index contributed by atoms with van der Waals surface area (Å²) in [6.45, 7) is 3.26. The van der Waals surface area contributed by atoms with E-state index in [-0.39, 0.29) is 23.9 Å². The molecule has 1 fully saturated rings. The highest BCUT2D eigenvalue weighted by atomic mass is 32.2. The highest BCUT2D eigenvalue weighted by Crippen LogP contribution is 2.42. The molecule has 158 valence electrons. The van der Waals surface area contributed by atoms with E-state index < -0.39 is 38.4 Å². The van der Waals surface area contributed by atoms with Crippen LogP contribution in [0.5, 0.6) is 0 Å². The van der Waals surface area contributed by atoms with Crippen LogP contribution in [0.25, 0.3) is 0 Å². The van der Waals surface area contributed by atoms with Crippen LogP contribution in [0.4, 0.5) is 32.0 Å². The van der Waals surface area contributed by atoms with E-state index in [2.05, 4.69) is 4.72 Å². The van der Waals surface area contributed by atoms with Gasteiger partial charge in [-0.05, 0) is 67.5 Å². The van der Waals surface area contributed by atoms with Gasteiger partial charge in [0.2, 0.25) is 0 Å². The molecule has 0 unspecified atom stereocenters. The summed E-state index contributed by atoms with van der Waals surface area (Å²) in [6.07, 6.45) is -8.23. The number of nitrogens with one attached hydrogen (secondary N) is 1. The average Bonchev–Trinajstić information content (AvgIpc) is 3.41. The first kappa shape index (κ1) is 21.5. The molecule has 1 saturated carbocycles. The molecule has 0 aromatic heterocycles. The third-order valence-corrected chi connectivity index (χ3v) is 6.04. The number of hydrogen-bond acceptors (Lipinski definition) is 2. The van der Waals surface area contributed by atoms with Crippen LogP contribution in [0.1, 0.15) is 46.6 Å². The zero-order valence-corrected chi connectivity index (χ0v) is 16.2. The lowest BCUT2D eigenvalue weighted by Crippen LogP contribution is -2.18. The van der Waals surface area contributed by atoms with Crippen LogP contribution in [-0.2, 0) is 22.4 Å². The zero-order valence-electron chi connectivity index (χ0n) is 15.4. The Balaban J connectivity index is 2.06. The fraction of sp³-hybridized carbons (Fsp3) is 0.368. The molecule has 3 nitrogen and oxygen atoms in total. The first-order valence-corrected chi connectivity index (χ1v) is 10.1. The number of halogens is 6. The molecule has 0 amide bonds. The number of rotatable bonds is 4. The molecule has 0 atom stereocenters. The molecule has 2 aromatic carbocycles. The predicted octanol–water partition coefficient (Wildman–Crippen LogP) is 6.02. The van der Waals surface area contributed by atoms with Crippen molar-refractivity contribution in [2.45, 2.75) is 49.9 Å². The number of sulfonamides is 1. The van der Waals surface area contributed by atoms with Gasteiger partial charge in [0, 0.05) is 0 Å². The largest absolute Gasteiger partial charge is 0.416 e. The molecular weight excluding hydrogens is 420 g/mol. The van der Waals surface area contributed by atoms with Crippen molar-refractivity contribution >= 4 is 15.7 Å². The van der Waals surface area contributed by atoms with Gasteiger partial charge in [-0.25, -0.2) is 8.42 Å². The Bertz CT molecular complexity index is 998. The smallest absolute Gasteiger partial charge is 0.279 e. The Labute approximate surface area is 163 Å². The summed E-state index contributed by atoms with van der Waals surface area (Å²) in [5.41, 5.74) is -1.13. The van der Waals surface area contributed by atoms with E-state index in [0.717, 1.165) is 18.4 Å². The minimum absolute atomic E-state index is 0.111. The second-order valence-corrected chi connectivity index (χ2v) is 8.83. The number of benzene rings is 2. The molecule has 2 aromatic rings. The van der Waals surface area contributed by atoms with Crippen LogP contribution in [0.2, 0.25) is 0 Å². The molecule has 1 aliphatic rings.